The number of amides is 1. The summed E-state index contributed by atoms with van der Waals surface area (Å²) in [6, 6.07) is 20.7. The quantitative estimate of drug-likeness (QED) is 0.365. The molecule has 4 nitrogen and oxygen atoms in total. The Kier molecular flexibility index (Phi) is 6.27. The number of hydrogen-bond acceptors (Lipinski definition) is 2. The molecule has 4 rings (SSSR count). The number of nitrogens with zero attached hydrogens (tertiary/aromatic N) is 1. The van der Waals surface area contributed by atoms with Gasteiger partial charge in [-0.2, -0.15) is 0 Å². The van der Waals surface area contributed by atoms with Crippen molar-refractivity contribution < 1.29 is 18.3 Å². The molecule has 0 bridgehead atoms. The third kappa shape index (κ3) is 4.51. The molecule has 6 heteroatoms. The number of hydrogen-bond donors (Lipinski definition) is 1. The average Bonchev–Trinajstić information content (AvgIpc) is 3.08. The van der Waals surface area contributed by atoms with Crippen LogP contribution < -0.4 is 10.5 Å². The predicted octanol–water partition coefficient (Wildman–Crippen LogP) is 6.24. The predicted molar refractivity (Wildman–Crippen MR) is 124 cm³/mol. The van der Waals surface area contributed by atoms with E-state index >= 15 is 0 Å². The van der Waals surface area contributed by atoms with Gasteiger partial charge in [0.15, 0.2) is 11.6 Å². The van der Waals surface area contributed by atoms with Gasteiger partial charge in [-0.05, 0) is 60.9 Å². The summed E-state index contributed by atoms with van der Waals surface area (Å²) in [6.45, 7) is 4.08. The van der Waals surface area contributed by atoms with Crippen molar-refractivity contribution in [2.24, 2.45) is 5.73 Å². The number of primary amides is 1. The maximum atomic E-state index is 13.8. The Morgan fingerprint density at radius 3 is 2.33 bits per heavy atom. The van der Waals surface area contributed by atoms with Crippen molar-refractivity contribution in [1.29, 1.82) is 0 Å². The zero-order valence-corrected chi connectivity index (χ0v) is 18.4. The topological polar surface area (TPSA) is 57.2 Å². The van der Waals surface area contributed by atoms with Gasteiger partial charge >= 0.3 is 0 Å². The number of benzene rings is 3. The fourth-order valence-electron chi connectivity index (χ4n) is 4.15. The van der Waals surface area contributed by atoms with Gasteiger partial charge in [-0.3, -0.25) is 4.79 Å². The standard InChI is InChI=1S/C27H24F2N2O2/c1-3-24-26(19-8-7-11-21(15-19)33-20-9-5-4-6-10-20)25(27(30)32)17(2)31(24)16-18-12-13-22(28)23(29)14-18/h4-15H,3,16H2,1-2H3,(H2,30,32). The molecule has 0 aliphatic heterocycles. The summed E-state index contributed by atoms with van der Waals surface area (Å²) in [4.78, 5) is 12.5. The third-order valence-electron chi connectivity index (χ3n) is 5.64. The minimum Gasteiger partial charge on any atom is -0.457 e. The summed E-state index contributed by atoms with van der Waals surface area (Å²) in [5.41, 5.74) is 9.86. The molecule has 1 amide bonds. The molecule has 168 valence electrons. The molecule has 0 saturated heterocycles. The van der Waals surface area contributed by atoms with Crippen LogP contribution in [-0.4, -0.2) is 10.5 Å². The Balaban J connectivity index is 1.81. The summed E-state index contributed by atoms with van der Waals surface area (Å²) in [6.07, 6.45) is 0.608. The fraction of sp³-hybridized carbons (Fsp3) is 0.148. The number of carbonyl (C=O) groups excluding carboxylic acids is 1. The number of carbonyl (C=O) groups is 1. The molecule has 0 radical (unpaired) electrons. The minimum absolute atomic E-state index is 0.284. The molecule has 0 atom stereocenters. The minimum atomic E-state index is -0.906. The highest BCUT2D eigenvalue weighted by atomic mass is 19.2. The lowest BCUT2D eigenvalue weighted by atomic mass is 9.98. The van der Waals surface area contributed by atoms with Crippen LogP contribution in [0, 0.1) is 18.6 Å². The fourth-order valence-corrected chi connectivity index (χ4v) is 4.15. The largest absolute Gasteiger partial charge is 0.457 e. The molecule has 1 aromatic heterocycles. The first kappa shape index (κ1) is 22.3. The van der Waals surface area contributed by atoms with E-state index in [-0.39, 0.29) is 6.54 Å². The van der Waals surface area contributed by atoms with Crippen LogP contribution in [0.5, 0.6) is 11.5 Å². The lowest BCUT2D eigenvalue weighted by molar-refractivity contribution is 0.1000. The normalized spacial score (nSPS) is 10.9. The van der Waals surface area contributed by atoms with Gasteiger partial charge in [0.1, 0.15) is 11.5 Å². The highest BCUT2D eigenvalue weighted by Crippen LogP contribution is 2.36. The monoisotopic (exact) mass is 446 g/mol. The Morgan fingerprint density at radius 2 is 1.67 bits per heavy atom. The Bertz CT molecular complexity index is 1310. The van der Waals surface area contributed by atoms with E-state index < -0.39 is 17.5 Å². The maximum absolute atomic E-state index is 13.8. The van der Waals surface area contributed by atoms with Crippen molar-refractivity contribution >= 4 is 5.91 Å². The Morgan fingerprint density at radius 1 is 0.939 bits per heavy atom. The van der Waals surface area contributed by atoms with E-state index in [1.165, 1.54) is 12.1 Å². The molecule has 0 saturated carbocycles. The maximum Gasteiger partial charge on any atom is 0.251 e. The van der Waals surface area contributed by atoms with Crippen LogP contribution in [-0.2, 0) is 13.0 Å². The lowest BCUT2D eigenvalue weighted by Crippen LogP contribution is -2.13. The van der Waals surface area contributed by atoms with Crippen LogP contribution >= 0.6 is 0 Å². The number of aromatic nitrogens is 1. The van der Waals surface area contributed by atoms with E-state index in [4.69, 9.17) is 10.5 Å². The van der Waals surface area contributed by atoms with Crippen molar-refractivity contribution in [3.05, 3.63) is 107 Å². The molecule has 0 spiro atoms. The third-order valence-corrected chi connectivity index (χ3v) is 5.64. The number of halogens is 2. The first-order valence-corrected chi connectivity index (χ1v) is 10.7. The van der Waals surface area contributed by atoms with E-state index in [2.05, 4.69) is 0 Å². The van der Waals surface area contributed by atoms with E-state index in [1.807, 2.05) is 73.0 Å². The second-order valence-electron chi connectivity index (χ2n) is 7.78. The van der Waals surface area contributed by atoms with Crippen LogP contribution in [0.1, 0.15) is 34.2 Å². The molecule has 0 unspecified atom stereocenters. The Hall–Kier alpha value is -3.93. The van der Waals surface area contributed by atoms with Gasteiger partial charge in [0.2, 0.25) is 0 Å². The van der Waals surface area contributed by atoms with Crippen molar-refractivity contribution in [2.45, 2.75) is 26.8 Å². The zero-order chi connectivity index (χ0) is 23.5. The Labute approximate surface area is 191 Å². The van der Waals surface area contributed by atoms with Crippen LogP contribution in [0.3, 0.4) is 0 Å². The second kappa shape index (κ2) is 9.28. The summed E-state index contributed by atoms with van der Waals surface area (Å²) in [5.74, 6) is -1.02. The lowest BCUT2D eigenvalue weighted by Gasteiger charge is -2.13. The molecule has 1 heterocycles. The van der Waals surface area contributed by atoms with Crippen LogP contribution in [0.4, 0.5) is 8.78 Å². The van der Waals surface area contributed by atoms with Crippen molar-refractivity contribution in [3.8, 4) is 22.6 Å². The number of ether oxygens (including phenoxy) is 1. The van der Waals surface area contributed by atoms with Crippen molar-refractivity contribution in [1.82, 2.24) is 4.57 Å². The molecule has 0 fully saturated rings. The smallest absolute Gasteiger partial charge is 0.251 e. The number of rotatable bonds is 7. The summed E-state index contributed by atoms with van der Waals surface area (Å²) in [5, 5.41) is 0. The molecule has 4 aromatic rings. The van der Waals surface area contributed by atoms with E-state index in [1.54, 1.807) is 0 Å². The SMILES string of the molecule is CCc1c(-c2cccc(Oc3ccccc3)c2)c(C(N)=O)c(C)n1Cc1ccc(F)c(F)c1. The van der Waals surface area contributed by atoms with Gasteiger partial charge in [-0.1, -0.05) is 43.3 Å². The highest BCUT2D eigenvalue weighted by molar-refractivity contribution is 6.02. The molecule has 0 aliphatic carbocycles. The molecule has 2 N–H and O–H groups in total. The highest BCUT2D eigenvalue weighted by Gasteiger charge is 2.24. The van der Waals surface area contributed by atoms with Crippen LogP contribution in [0.2, 0.25) is 0 Å². The van der Waals surface area contributed by atoms with Crippen LogP contribution in [0.25, 0.3) is 11.1 Å². The molecular formula is C27H24F2N2O2. The molecule has 33 heavy (non-hydrogen) atoms. The molecule has 3 aromatic carbocycles. The second-order valence-corrected chi connectivity index (χ2v) is 7.78. The zero-order valence-electron chi connectivity index (χ0n) is 18.4. The molecule has 0 aliphatic rings. The number of nitrogens with two attached hydrogens (primary N) is 1. The average molecular weight is 446 g/mol. The first-order chi connectivity index (χ1) is 15.9. The van der Waals surface area contributed by atoms with Crippen LogP contribution in [0.15, 0.2) is 72.8 Å². The van der Waals surface area contributed by atoms with Gasteiger partial charge in [0.25, 0.3) is 5.91 Å². The van der Waals surface area contributed by atoms with E-state index in [0.717, 1.165) is 22.9 Å². The first-order valence-electron chi connectivity index (χ1n) is 10.7. The van der Waals surface area contributed by atoms with Gasteiger partial charge < -0.3 is 15.0 Å². The number of para-hydroxylation sites is 1. The van der Waals surface area contributed by atoms with E-state index in [0.29, 0.717) is 34.7 Å². The van der Waals surface area contributed by atoms with E-state index in [9.17, 15) is 13.6 Å². The summed E-state index contributed by atoms with van der Waals surface area (Å²) < 4.78 is 35.1. The van der Waals surface area contributed by atoms with Gasteiger partial charge in [-0.15, -0.1) is 0 Å². The summed E-state index contributed by atoms with van der Waals surface area (Å²) in [7, 11) is 0. The van der Waals surface area contributed by atoms with Gasteiger partial charge in [0.05, 0.1) is 5.56 Å². The van der Waals surface area contributed by atoms with Crippen molar-refractivity contribution in [3.63, 3.8) is 0 Å². The van der Waals surface area contributed by atoms with Gasteiger partial charge in [0, 0.05) is 23.5 Å². The molecular weight excluding hydrogens is 422 g/mol. The summed E-state index contributed by atoms with van der Waals surface area (Å²) >= 11 is 0. The van der Waals surface area contributed by atoms with Gasteiger partial charge in [-0.25, -0.2) is 8.78 Å². The van der Waals surface area contributed by atoms with Crippen molar-refractivity contribution in [2.75, 3.05) is 0 Å².